The van der Waals surface area contributed by atoms with Crippen molar-refractivity contribution in [3.63, 3.8) is 0 Å². The maximum atomic E-state index is 8.99. The molecule has 0 saturated carbocycles. The van der Waals surface area contributed by atoms with Gasteiger partial charge in [0, 0.05) is 4.47 Å². The predicted octanol–water partition coefficient (Wildman–Crippen LogP) is 2.44. The van der Waals surface area contributed by atoms with Gasteiger partial charge in [0.2, 0.25) is 0 Å². The molecule has 0 unspecified atom stereocenters. The molecular formula is C6H5BrOS. The molecule has 0 bridgehead atoms. The first-order valence-corrected chi connectivity index (χ1v) is 3.62. The highest BCUT2D eigenvalue weighted by atomic mass is 79.9. The van der Waals surface area contributed by atoms with Gasteiger partial charge in [-0.05, 0) is 28.1 Å². The smallest absolute Gasteiger partial charge is 0.130 e. The minimum atomic E-state index is 0.202. The van der Waals surface area contributed by atoms with E-state index in [9.17, 15) is 0 Å². The SMILES string of the molecule is Oc1cccc(Br)c1S. The first-order chi connectivity index (χ1) is 4.22. The Labute approximate surface area is 67.2 Å². The number of phenolic OH excluding ortho intramolecular Hbond substituents is 1. The van der Waals surface area contributed by atoms with E-state index >= 15 is 0 Å². The van der Waals surface area contributed by atoms with Crippen molar-refractivity contribution in [1.82, 2.24) is 0 Å². The quantitative estimate of drug-likeness (QED) is 0.623. The predicted molar refractivity (Wildman–Crippen MR) is 43.1 cm³/mol. The minimum Gasteiger partial charge on any atom is -0.507 e. The summed E-state index contributed by atoms with van der Waals surface area (Å²) in [5, 5.41) is 8.99. The summed E-state index contributed by atoms with van der Waals surface area (Å²) >= 11 is 7.22. The standard InChI is InChI=1S/C6H5BrOS/c7-4-2-1-3-5(8)6(4)9/h1-3,8-9H. The molecule has 0 heterocycles. The molecule has 1 aromatic carbocycles. The Kier molecular flexibility index (Phi) is 2.03. The van der Waals surface area contributed by atoms with Crippen LogP contribution < -0.4 is 0 Å². The van der Waals surface area contributed by atoms with Gasteiger partial charge in [-0.15, -0.1) is 12.6 Å². The zero-order valence-electron chi connectivity index (χ0n) is 4.50. The second-order valence-electron chi connectivity index (χ2n) is 1.61. The van der Waals surface area contributed by atoms with Crippen molar-refractivity contribution in [1.29, 1.82) is 0 Å². The number of halogens is 1. The normalized spacial score (nSPS) is 9.56. The zero-order chi connectivity index (χ0) is 6.85. The van der Waals surface area contributed by atoms with Gasteiger partial charge >= 0.3 is 0 Å². The zero-order valence-corrected chi connectivity index (χ0v) is 6.98. The molecule has 0 radical (unpaired) electrons. The highest BCUT2D eigenvalue weighted by Gasteiger charge is 1.97. The average molecular weight is 205 g/mol. The van der Waals surface area contributed by atoms with Crippen LogP contribution in [-0.2, 0) is 0 Å². The highest BCUT2D eigenvalue weighted by molar-refractivity contribution is 9.10. The van der Waals surface area contributed by atoms with Gasteiger partial charge in [-0.1, -0.05) is 6.07 Å². The van der Waals surface area contributed by atoms with E-state index in [2.05, 4.69) is 28.6 Å². The van der Waals surface area contributed by atoms with Crippen LogP contribution in [0.2, 0.25) is 0 Å². The lowest BCUT2D eigenvalue weighted by Crippen LogP contribution is -1.69. The Morgan fingerprint density at radius 1 is 1.44 bits per heavy atom. The summed E-state index contributed by atoms with van der Waals surface area (Å²) in [4.78, 5) is 0.581. The maximum Gasteiger partial charge on any atom is 0.130 e. The van der Waals surface area contributed by atoms with Gasteiger partial charge in [0.1, 0.15) is 5.75 Å². The van der Waals surface area contributed by atoms with Gasteiger partial charge in [0.15, 0.2) is 0 Å². The molecule has 0 spiro atoms. The van der Waals surface area contributed by atoms with Crippen molar-refractivity contribution in [2.24, 2.45) is 0 Å². The van der Waals surface area contributed by atoms with E-state index in [0.717, 1.165) is 4.47 Å². The molecular weight excluding hydrogens is 200 g/mol. The number of hydrogen-bond donors (Lipinski definition) is 2. The minimum absolute atomic E-state index is 0.202. The number of thiol groups is 1. The van der Waals surface area contributed by atoms with E-state index in [1.54, 1.807) is 12.1 Å². The summed E-state index contributed by atoms with van der Waals surface area (Å²) in [6.07, 6.45) is 0. The van der Waals surface area contributed by atoms with Gasteiger partial charge in [-0.2, -0.15) is 0 Å². The number of aromatic hydroxyl groups is 1. The highest BCUT2D eigenvalue weighted by Crippen LogP contribution is 2.28. The topological polar surface area (TPSA) is 20.2 Å². The number of benzene rings is 1. The lowest BCUT2D eigenvalue weighted by Gasteiger charge is -1.96. The van der Waals surface area contributed by atoms with Gasteiger partial charge in [0.05, 0.1) is 4.90 Å². The molecule has 9 heavy (non-hydrogen) atoms. The summed E-state index contributed by atoms with van der Waals surface area (Å²) < 4.78 is 0.811. The Morgan fingerprint density at radius 2 is 2.11 bits per heavy atom. The number of phenols is 1. The molecule has 1 nitrogen and oxygen atoms in total. The molecule has 0 aliphatic carbocycles. The van der Waals surface area contributed by atoms with E-state index in [1.165, 1.54) is 0 Å². The lowest BCUT2D eigenvalue weighted by molar-refractivity contribution is 0.462. The first-order valence-electron chi connectivity index (χ1n) is 2.38. The van der Waals surface area contributed by atoms with Gasteiger partial charge in [-0.25, -0.2) is 0 Å². The van der Waals surface area contributed by atoms with Gasteiger partial charge < -0.3 is 5.11 Å². The third kappa shape index (κ3) is 1.40. The Balaban J connectivity index is 3.25. The lowest BCUT2D eigenvalue weighted by atomic mass is 10.3. The third-order valence-corrected chi connectivity index (χ3v) is 2.40. The molecule has 0 amide bonds. The van der Waals surface area contributed by atoms with E-state index in [1.807, 2.05) is 6.07 Å². The molecule has 0 aromatic heterocycles. The fraction of sp³-hybridized carbons (Fsp3) is 0. The van der Waals surface area contributed by atoms with E-state index < -0.39 is 0 Å². The fourth-order valence-electron chi connectivity index (χ4n) is 0.504. The van der Waals surface area contributed by atoms with Crippen LogP contribution >= 0.6 is 28.6 Å². The summed E-state index contributed by atoms with van der Waals surface area (Å²) in [6.45, 7) is 0. The van der Waals surface area contributed by atoms with Crippen LogP contribution in [0.5, 0.6) is 5.75 Å². The van der Waals surface area contributed by atoms with Crippen molar-refractivity contribution in [3.05, 3.63) is 22.7 Å². The fourth-order valence-corrected chi connectivity index (χ4v) is 1.01. The molecule has 1 rings (SSSR count). The van der Waals surface area contributed by atoms with Crippen LogP contribution in [0.1, 0.15) is 0 Å². The van der Waals surface area contributed by atoms with E-state index in [-0.39, 0.29) is 5.75 Å². The summed E-state index contributed by atoms with van der Waals surface area (Å²) in [7, 11) is 0. The van der Waals surface area contributed by atoms with Gasteiger partial charge in [-0.3, -0.25) is 0 Å². The van der Waals surface area contributed by atoms with Crippen molar-refractivity contribution >= 4 is 28.6 Å². The van der Waals surface area contributed by atoms with Crippen LogP contribution in [0.4, 0.5) is 0 Å². The molecule has 0 fully saturated rings. The number of rotatable bonds is 0. The van der Waals surface area contributed by atoms with Crippen molar-refractivity contribution in [3.8, 4) is 5.75 Å². The van der Waals surface area contributed by atoms with Crippen molar-refractivity contribution in [2.45, 2.75) is 4.90 Å². The second-order valence-corrected chi connectivity index (χ2v) is 2.91. The van der Waals surface area contributed by atoms with Crippen LogP contribution in [0.25, 0.3) is 0 Å². The molecule has 1 N–H and O–H groups in total. The first kappa shape index (κ1) is 6.96. The molecule has 0 aliphatic heterocycles. The largest absolute Gasteiger partial charge is 0.507 e. The molecule has 48 valence electrons. The van der Waals surface area contributed by atoms with E-state index in [4.69, 9.17) is 5.11 Å². The van der Waals surface area contributed by atoms with Crippen LogP contribution in [0.15, 0.2) is 27.6 Å². The molecule has 0 saturated heterocycles. The van der Waals surface area contributed by atoms with Crippen LogP contribution in [0, 0.1) is 0 Å². The third-order valence-electron chi connectivity index (χ3n) is 0.965. The van der Waals surface area contributed by atoms with Gasteiger partial charge in [0.25, 0.3) is 0 Å². The summed E-state index contributed by atoms with van der Waals surface area (Å²) in [5.74, 6) is 0.202. The summed E-state index contributed by atoms with van der Waals surface area (Å²) in [6, 6.07) is 5.16. The van der Waals surface area contributed by atoms with Crippen molar-refractivity contribution in [2.75, 3.05) is 0 Å². The summed E-state index contributed by atoms with van der Waals surface area (Å²) in [5.41, 5.74) is 0. The molecule has 3 heteroatoms. The molecule has 0 aliphatic rings. The maximum absolute atomic E-state index is 8.99. The second kappa shape index (κ2) is 2.62. The molecule has 1 aromatic rings. The Hall–Kier alpha value is -0.150. The Bertz CT molecular complexity index is 204. The average Bonchev–Trinajstić information content (AvgIpc) is 1.83. The van der Waals surface area contributed by atoms with Crippen molar-refractivity contribution < 1.29 is 5.11 Å². The monoisotopic (exact) mass is 204 g/mol. The van der Waals surface area contributed by atoms with Crippen LogP contribution in [-0.4, -0.2) is 5.11 Å². The van der Waals surface area contributed by atoms with E-state index in [0.29, 0.717) is 4.90 Å². The van der Waals surface area contributed by atoms with Crippen LogP contribution in [0.3, 0.4) is 0 Å². The Morgan fingerprint density at radius 3 is 2.56 bits per heavy atom. The number of hydrogen-bond acceptors (Lipinski definition) is 2. The molecule has 0 atom stereocenters.